The first-order valence-electron chi connectivity index (χ1n) is 13.6. The maximum absolute atomic E-state index is 2.80. The van der Waals surface area contributed by atoms with Crippen LogP contribution < -0.4 is 0 Å². The van der Waals surface area contributed by atoms with Crippen molar-refractivity contribution in [1.29, 1.82) is 0 Å². The van der Waals surface area contributed by atoms with Gasteiger partial charge >= 0.3 is 0 Å². The van der Waals surface area contributed by atoms with E-state index >= 15 is 0 Å². The van der Waals surface area contributed by atoms with Gasteiger partial charge in [-0.15, -0.1) is 0 Å². The summed E-state index contributed by atoms with van der Waals surface area (Å²) in [6, 6.07) is 41.4. The van der Waals surface area contributed by atoms with E-state index < -0.39 is 0 Å². The summed E-state index contributed by atoms with van der Waals surface area (Å²) in [6.45, 7) is 3.97. The minimum atomic E-state index is 0.543. The molecule has 182 valence electrons. The van der Waals surface area contributed by atoms with Gasteiger partial charge in [0.25, 0.3) is 0 Å². The first-order chi connectivity index (χ1) is 17.8. The van der Waals surface area contributed by atoms with Crippen LogP contribution in [-0.2, 0) is 26.2 Å². The van der Waals surface area contributed by atoms with E-state index in [1.807, 2.05) is 0 Å². The highest BCUT2D eigenvalue weighted by Gasteiger charge is 2.35. The third kappa shape index (κ3) is 5.02. The Morgan fingerprint density at radius 3 is 1.31 bits per heavy atom. The molecule has 1 saturated carbocycles. The molecule has 36 heavy (non-hydrogen) atoms. The van der Waals surface area contributed by atoms with Crippen molar-refractivity contribution in [3.05, 3.63) is 131 Å². The van der Waals surface area contributed by atoms with Gasteiger partial charge in [-0.25, -0.2) is 0 Å². The van der Waals surface area contributed by atoms with Gasteiger partial charge in [0.1, 0.15) is 0 Å². The number of hydrogen-bond donors (Lipinski definition) is 0. The van der Waals surface area contributed by atoms with Gasteiger partial charge in [0.15, 0.2) is 0 Å². The topological polar surface area (TPSA) is 6.48 Å². The van der Waals surface area contributed by atoms with Crippen molar-refractivity contribution >= 4 is 0 Å². The Balaban J connectivity index is 1.47. The van der Waals surface area contributed by atoms with Crippen molar-refractivity contribution in [2.45, 2.75) is 63.9 Å². The third-order valence-corrected chi connectivity index (χ3v) is 8.16. The lowest BCUT2D eigenvalue weighted by Gasteiger charge is -2.46. The van der Waals surface area contributed by atoms with Crippen LogP contribution in [-0.4, -0.2) is 21.9 Å². The van der Waals surface area contributed by atoms with Crippen LogP contribution in [0.15, 0.2) is 109 Å². The molecule has 4 aromatic carbocycles. The Morgan fingerprint density at radius 2 is 0.861 bits per heavy atom. The average molecular weight is 473 g/mol. The lowest BCUT2D eigenvalue weighted by molar-refractivity contribution is 0.0293. The molecular weight excluding hydrogens is 436 g/mol. The number of hydrogen-bond acceptors (Lipinski definition) is 2. The second kappa shape index (κ2) is 10.8. The molecular formula is C34H36N2. The summed E-state index contributed by atoms with van der Waals surface area (Å²) in [5.74, 6) is 0. The summed E-state index contributed by atoms with van der Waals surface area (Å²) in [5, 5.41) is 0. The minimum absolute atomic E-state index is 0.543. The quantitative estimate of drug-likeness (QED) is 0.300. The monoisotopic (exact) mass is 472 g/mol. The standard InChI is InChI=1S/C34H36N2/c1-3-13-27(14-4-1)23-35-25-29-17-7-9-19-31(29)32-20-10-8-18-30(32)26-36(24-28-15-5-2-6-16-28)34-22-12-11-21-33(34)35/h1-10,13-20,33-34H,11-12,21-26H2/t33-,34-/m1/s1. The van der Waals surface area contributed by atoms with Crippen molar-refractivity contribution in [3.8, 4) is 11.1 Å². The van der Waals surface area contributed by atoms with Gasteiger partial charge in [-0.3, -0.25) is 9.80 Å². The SMILES string of the molecule is c1ccc(CN2Cc3ccccc3-c3ccccc3CN(Cc3ccccc3)[C@@H]3CCCC[C@H]32)cc1. The van der Waals surface area contributed by atoms with Gasteiger partial charge < -0.3 is 0 Å². The molecule has 0 amide bonds. The van der Waals surface area contributed by atoms with E-state index in [0.717, 1.165) is 26.2 Å². The first-order valence-corrected chi connectivity index (χ1v) is 13.6. The summed E-state index contributed by atoms with van der Waals surface area (Å²) in [5.41, 5.74) is 8.49. The highest BCUT2D eigenvalue weighted by molar-refractivity contribution is 5.70. The summed E-state index contributed by atoms with van der Waals surface area (Å²) in [6.07, 6.45) is 5.19. The molecule has 0 radical (unpaired) electrons. The predicted molar refractivity (Wildman–Crippen MR) is 149 cm³/mol. The Hall–Kier alpha value is -3.20. The smallest absolute Gasteiger partial charge is 0.0258 e. The van der Waals surface area contributed by atoms with Crippen LogP contribution in [0.4, 0.5) is 0 Å². The maximum atomic E-state index is 2.80. The second-order valence-electron chi connectivity index (χ2n) is 10.5. The van der Waals surface area contributed by atoms with Crippen molar-refractivity contribution in [2.75, 3.05) is 0 Å². The number of benzene rings is 4. The van der Waals surface area contributed by atoms with Crippen molar-refractivity contribution in [1.82, 2.24) is 9.80 Å². The highest BCUT2D eigenvalue weighted by Crippen LogP contribution is 2.36. The van der Waals surface area contributed by atoms with Gasteiger partial charge in [-0.05, 0) is 46.2 Å². The van der Waals surface area contributed by atoms with Gasteiger partial charge in [-0.2, -0.15) is 0 Å². The zero-order valence-electron chi connectivity index (χ0n) is 21.1. The molecule has 6 rings (SSSR count). The molecule has 4 aromatic rings. The Kier molecular flexibility index (Phi) is 6.98. The van der Waals surface area contributed by atoms with Crippen LogP contribution in [0.3, 0.4) is 0 Å². The van der Waals surface area contributed by atoms with E-state index in [9.17, 15) is 0 Å². The van der Waals surface area contributed by atoms with E-state index in [2.05, 4.69) is 119 Å². The molecule has 0 bridgehead atoms. The van der Waals surface area contributed by atoms with Crippen molar-refractivity contribution < 1.29 is 0 Å². The Morgan fingerprint density at radius 1 is 0.472 bits per heavy atom. The minimum Gasteiger partial charge on any atom is -0.290 e. The molecule has 2 aliphatic rings. The van der Waals surface area contributed by atoms with Crippen LogP contribution in [0.2, 0.25) is 0 Å². The van der Waals surface area contributed by atoms with Crippen LogP contribution in [0.25, 0.3) is 11.1 Å². The number of rotatable bonds is 4. The largest absolute Gasteiger partial charge is 0.290 e. The Labute approximate surface area is 216 Å². The van der Waals surface area contributed by atoms with Gasteiger partial charge in [0.05, 0.1) is 0 Å². The molecule has 2 nitrogen and oxygen atoms in total. The molecule has 1 fully saturated rings. The van der Waals surface area contributed by atoms with E-state index in [1.165, 1.54) is 59.1 Å². The summed E-state index contributed by atoms with van der Waals surface area (Å²) in [7, 11) is 0. The molecule has 1 aliphatic carbocycles. The fourth-order valence-electron chi connectivity index (χ4n) is 6.44. The van der Waals surface area contributed by atoms with Crippen molar-refractivity contribution in [3.63, 3.8) is 0 Å². The Bertz CT molecular complexity index is 1170. The predicted octanol–water partition coefficient (Wildman–Crippen LogP) is 7.68. The van der Waals surface area contributed by atoms with Gasteiger partial charge in [0, 0.05) is 38.3 Å². The molecule has 0 unspecified atom stereocenters. The van der Waals surface area contributed by atoms with E-state index in [-0.39, 0.29) is 0 Å². The first kappa shape index (κ1) is 23.2. The number of fused-ring (bicyclic) bond motifs is 4. The van der Waals surface area contributed by atoms with Gasteiger partial charge in [-0.1, -0.05) is 122 Å². The fourth-order valence-corrected chi connectivity index (χ4v) is 6.44. The van der Waals surface area contributed by atoms with Crippen LogP contribution in [0.5, 0.6) is 0 Å². The summed E-state index contributed by atoms with van der Waals surface area (Å²) >= 11 is 0. The van der Waals surface area contributed by atoms with Crippen LogP contribution >= 0.6 is 0 Å². The molecule has 1 aliphatic heterocycles. The fraction of sp³-hybridized carbons (Fsp3) is 0.294. The normalized spacial score (nSPS) is 20.7. The van der Waals surface area contributed by atoms with Crippen LogP contribution in [0, 0.1) is 0 Å². The second-order valence-corrected chi connectivity index (χ2v) is 10.5. The maximum Gasteiger partial charge on any atom is 0.0258 e. The van der Waals surface area contributed by atoms with Crippen molar-refractivity contribution in [2.24, 2.45) is 0 Å². The lowest BCUT2D eigenvalue weighted by Crippen LogP contribution is -2.52. The highest BCUT2D eigenvalue weighted by atomic mass is 15.2. The van der Waals surface area contributed by atoms with E-state index in [4.69, 9.17) is 0 Å². The number of nitrogens with zero attached hydrogens (tertiary/aromatic N) is 2. The summed E-state index contributed by atoms with van der Waals surface area (Å²) < 4.78 is 0. The zero-order valence-corrected chi connectivity index (χ0v) is 21.1. The van der Waals surface area contributed by atoms with Crippen LogP contribution in [0.1, 0.15) is 47.9 Å². The molecule has 0 saturated heterocycles. The lowest BCUT2D eigenvalue weighted by atomic mass is 9.85. The zero-order chi connectivity index (χ0) is 24.2. The summed E-state index contributed by atoms with van der Waals surface area (Å²) in [4.78, 5) is 5.59. The molecule has 0 aromatic heterocycles. The third-order valence-electron chi connectivity index (χ3n) is 8.16. The molecule has 2 atom stereocenters. The van der Waals surface area contributed by atoms with E-state index in [0.29, 0.717) is 12.1 Å². The molecule has 0 N–H and O–H groups in total. The molecule has 1 heterocycles. The van der Waals surface area contributed by atoms with E-state index in [1.54, 1.807) is 0 Å². The van der Waals surface area contributed by atoms with Gasteiger partial charge in [0.2, 0.25) is 0 Å². The molecule has 0 spiro atoms. The average Bonchev–Trinajstić information content (AvgIpc) is 2.94. The molecule has 2 heteroatoms.